The number of allylic oxidation sites excluding steroid dienone is 1. The smallest absolute Gasteiger partial charge is 0.356 e. The van der Waals surface area contributed by atoms with E-state index in [-0.39, 0.29) is 5.69 Å². The van der Waals surface area contributed by atoms with Gasteiger partial charge >= 0.3 is 5.97 Å². The number of carboxylic acids is 1. The van der Waals surface area contributed by atoms with Crippen molar-refractivity contribution >= 4 is 5.97 Å². The van der Waals surface area contributed by atoms with E-state index in [1.54, 1.807) is 10.7 Å². The molecule has 1 aromatic rings. The van der Waals surface area contributed by atoms with Gasteiger partial charge in [0.1, 0.15) is 0 Å². The first kappa shape index (κ1) is 11.5. The number of rotatable bonds is 5. The molecule has 0 saturated heterocycles. The fourth-order valence-corrected chi connectivity index (χ4v) is 1.41. The minimum Gasteiger partial charge on any atom is -0.476 e. The van der Waals surface area contributed by atoms with Crippen LogP contribution in [0, 0.1) is 0 Å². The van der Waals surface area contributed by atoms with Crippen LogP contribution in [-0.4, -0.2) is 20.9 Å². The Morgan fingerprint density at radius 3 is 2.80 bits per heavy atom. The molecular formula is C11H16N2O2. The molecule has 0 amide bonds. The van der Waals surface area contributed by atoms with Crippen LogP contribution in [0.1, 0.15) is 36.5 Å². The molecule has 0 atom stereocenters. The minimum absolute atomic E-state index is 0.111. The topological polar surface area (TPSA) is 55.1 Å². The van der Waals surface area contributed by atoms with Gasteiger partial charge in [0, 0.05) is 5.69 Å². The van der Waals surface area contributed by atoms with E-state index in [1.165, 1.54) is 0 Å². The van der Waals surface area contributed by atoms with Gasteiger partial charge in [-0.05, 0) is 19.4 Å². The molecule has 0 aliphatic rings. The van der Waals surface area contributed by atoms with Gasteiger partial charge in [-0.25, -0.2) is 4.79 Å². The Labute approximate surface area is 89.2 Å². The van der Waals surface area contributed by atoms with Crippen LogP contribution < -0.4 is 0 Å². The molecule has 0 spiro atoms. The van der Waals surface area contributed by atoms with Crippen molar-refractivity contribution in [3.8, 4) is 0 Å². The van der Waals surface area contributed by atoms with Gasteiger partial charge in [0.05, 0.1) is 6.54 Å². The van der Waals surface area contributed by atoms with Gasteiger partial charge in [0.25, 0.3) is 0 Å². The highest BCUT2D eigenvalue weighted by molar-refractivity contribution is 5.85. The quantitative estimate of drug-likeness (QED) is 0.754. The van der Waals surface area contributed by atoms with Crippen molar-refractivity contribution in [1.29, 1.82) is 0 Å². The first-order valence-electron chi connectivity index (χ1n) is 4.99. The standard InChI is InChI=1S/C11H16N2O2/c1-4-5-9-6-10(11(14)15)12-13(9)7-8(2)3/h6H,2,4-5,7H2,1,3H3,(H,14,15). The number of carboxylic acid groups (broad SMARTS) is 1. The van der Waals surface area contributed by atoms with Gasteiger partial charge in [-0.3, -0.25) is 4.68 Å². The Bertz CT molecular complexity index is 380. The van der Waals surface area contributed by atoms with Gasteiger partial charge < -0.3 is 5.11 Å². The Morgan fingerprint density at radius 2 is 2.33 bits per heavy atom. The van der Waals surface area contributed by atoms with E-state index in [2.05, 4.69) is 18.6 Å². The van der Waals surface area contributed by atoms with E-state index in [0.717, 1.165) is 24.1 Å². The predicted octanol–water partition coefficient (Wildman–Crippen LogP) is 2.11. The number of aromatic carboxylic acids is 1. The fourth-order valence-electron chi connectivity index (χ4n) is 1.41. The van der Waals surface area contributed by atoms with Crippen LogP contribution in [0.15, 0.2) is 18.2 Å². The van der Waals surface area contributed by atoms with Crippen molar-refractivity contribution in [2.45, 2.75) is 33.2 Å². The summed E-state index contributed by atoms with van der Waals surface area (Å²) < 4.78 is 1.72. The first-order valence-corrected chi connectivity index (χ1v) is 4.99. The van der Waals surface area contributed by atoms with Crippen LogP contribution in [0.3, 0.4) is 0 Å². The highest BCUT2D eigenvalue weighted by Crippen LogP contribution is 2.09. The SMILES string of the molecule is C=C(C)Cn1nc(C(=O)O)cc1CCC. The number of carbonyl (C=O) groups is 1. The lowest BCUT2D eigenvalue weighted by Crippen LogP contribution is -2.06. The zero-order valence-corrected chi connectivity index (χ0v) is 9.16. The summed E-state index contributed by atoms with van der Waals surface area (Å²) in [6.07, 6.45) is 1.81. The van der Waals surface area contributed by atoms with Gasteiger partial charge in [-0.2, -0.15) is 5.10 Å². The van der Waals surface area contributed by atoms with E-state index in [9.17, 15) is 4.79 Å². The van der Waals surface area contributed by atoms with Gasteiger partial charge in [0.2, 0.25) is 0 Å². The molecule has 0 unspecified atom stereocenters. The monoisotopic (exact) mass is 208 g/mol. The summed E-state index contributed by atoms with van der Waals surface area (Å²) in [5.74, 6) is -0.979. The van der Waals surface area contributed by atoms with Gasteiger partial charge in [-0.15, -0.1) is 0 Å². The minimum atomic E-state index is -0.979. The Hall–Kier alpha value is -1.58. The van der Waals surface area contributed by atoms with E-state index in [1.807, 2.05) is 6.92 Å². The Morgan fingerprint density at radius 1 is 1.67 bits per heavy atom. The summed E-state index contributed by atoms with van der Waals surface area (Å²) in [7, 11) is 0. The van der Waals surface area contributed by atoms with Gasteiger partial charge in [0.15, 0.2) is 5.69 Å². The predicted molar refractivity (Wildman–Crippen MR) is 58.0 cm³/mol. The molecule has 1 heterocycles. The zero-order valence-electron chi connectivity index (χ0n) is 9.16. The molecule has 0 saturated carbocycles. The van der Waals surface area contributed by atoms with Crippen molar-refractivity contribution in [2.24, 2.45) is 0 Å². The lowest BCUT2D eigenvalue weighted by Gasteiger charge is -2.05. The molecule has 1 aromatic heterocycles. The van der Waals surface area contributed by atoms with E-state index in [0.29, 0.717) is 6.54 Å². The molecule has 0 aromatic carbocycles. The third kappa shape index (κ3) is 2.94. The van der Waals surface area contributed by atoms with Gasteiger partial charge in [-0.1, -0.05) is 25.5 Å². The molecule has 0 aliphatic heterocycles. The molecule has 1 N–H and O–H groups in total. The molecule has 0 fully saturated rings. The number of aromatic nitrogens is 2. The highest BCUT2D eigenvalue weighted by Gasteiger charge is 2.12. The number of hydrogen-bond donors (Lipinski definition) is 1. The molecule has 4 nitrogen and oxygen atoms in total. The second-order valence-corrected chi connectivity index (χ2v) is 3.69. The number of nitrogens with zero attached hydrogens (tertiary/aromatic N) is 2. The average molecular weight is 208 g/mol. The molecule has 0 radical (unpaired) electrons. The molecule has 1 rings (SSSR count). The lowest BCUT2D eigenvalue weighted by molar-refractivity contribution is 0.0689. The van der Waals surface area contributed by atoms with Crippen molar-refractivity contribution in [1.82, 2.24) is 9.78 Å². The summed E-state index contributed by atoms with van der Waals surface area (Å²) in [5, 5.41) is 12.9. The molecule has 15 heavy (non-hydrogen) atoms. The molecular weight excluding hydrogens is 192 g/mol. The third-order valence-electron chi connectivity index (χ3n) is 2.01. The summed E-state index contributed by atoms with van der Waals surface area (Å²) in [6.45, 7) is 8.34. The maximum Gasteiger partial charge on any atom is 0.356 e. The second kappa shape index (κ2) is 4.77. The molecule has 4 heteroatoms. The van der Waals surface area contributed by atoms with Crippen LogP contribution in [-0.2, 0) is 13.0 Å². The van der Waals surface area contributed by atoms with E-state index >= 15 is 0 Å². The van der Waals surface area contributed by atoms with Crippen molar-refractivity contribution < 1.29 is 9.90 Å². The summed E-state index contributed by atoms with van der Waals surface area (Å²) in [5.41, 5.74) is 2.03. The van der Waals surface area contributed by atoms with Crippen LogP contribution >= 0.6 is 0 Å². The Balaban J connectivity index is 2.99. The molecule has 82 valence electrons. The number of hydrogen-bond acceptors (Lipinski definition) is 2. The van der Waals surface area contributed by atoms with Crippen LogP contribution in [0.2, 0.25) is 0 Å². The van der Waals surface area contributed by atoms with E-state index in [4.69, 9.17) is 5.11 Å². The van der Waals surface area contributed by atoms with Crippen molar-refractivity contribution in [2.75, 3.05) is 0 Å². The zero-order chi connectivity index (χ0) is 11.4. The van der Waals surface area contributed by atoms with Crippen molar-refractivity contribution in [3.05, 3.63) is 29.6 Å². The largest absolute Gasteiger partial charge is 0.476 e. The second-order valence-electron chi connectivity index (χ2n) is 3.69. The fraction of sp³-hybridized carbons (Fsp3) is 0.455. The summed E-state index contributed by atoms with van der Waals surface area (Å²) >= 11 is 0. The third-order valence-corrected chi connectivity index (χ3v) is 2.01. The number of aryl methyl sites for hydroxylation is 1. The highest BCUT2D eigenvalue weighted by atomic mass is 16.4. The summed E-state index contributed by atoms with van der Waals surface area (Å²) in [4.78, 5) is 10.8. The van der Waals surface area contributed by atoms with Crippen LogP contribution in [0.25, 0.3) is 0 Å². The van der Waals surface area contributed by atoms with E-state index < -0.39 is 5.97 Å². The lowest BCUT2D eigenvalue weighted by atomic mass is 10.2. The Kier molecular flexibility index (Phi) is 3.66. The van der Waals surface area contributed by atoms with Crippen LogP contribution in [0.4, 0.5) is 0 Å². The molecule has 0 bridgehead atoms. The first-order chi connectivity index (χ1) is 7.04. The maximum absolute atomic E-state index is 10.8. The summed E-state index contributed by atoms with van der Waals surface area (Å²) in [6, 6.07) is 1.63. The normalized spacial score (nSPS) is 10.3. The van der Waals surface area contributed by atoms with Crippen molar-refractivity contribution in [3.63, 3.8) is 0 Å². The average Bonchev–Trinajstić information content (AvgIpc) is 2.48. The molecule has 0 aliphatic carbocycles. The van der Waals surface area contributed by atoms with Crippen LogP contribution in [0.5, 0.6) is 0 Å². The maximum atomic E-state index is 10.8.